The number of nitrogens with zero attached hydrogens (tertiary/aromatic N) is 1. The van der Waals surface area contributed by atoms with Crippen molar-refractivity contribution in [1.29, 1.82) is 0 Å². The van der Waals surface area contributed by atoms with Gasteiger partial charge in [0.05, 0.1) is 5.37 Å². The third-order valence-corrected chi connectivity index (χ3v) is 3.62. The molecule has 1 amide bonds. The standard InChI is InChI=1S/C10H18N2O3S/c1-6-12(7(5-16-6)9(14)15)8(13)4-10(2,3)11/h6-7H,4-5,11H2,1-3H3,(H,14,15). The van der Waals surface area contributed by atoms with Crippen LogP contribution in [0.4, 0.5) is 0 Å². The van der Waals surface area contributed by atoms with Crippen molar-refractivity contribution in [3.63, 3.8) is 0 Å². The molecule has 1 saturated heterocycles. The summed E-state index contributed by atoms with van der Waals surface area (Å²) in [5.41, 5.74) is 5.17. The lowest BCUT2D eigenvalue weighted by Gasteiger charge is -2.28. The lowest BCUT2D eigenvalue weighted by Crippen LogP contribution is -2.48. The molecule has 0 aromatic rings. The van der Waals surface area contributed by atoms with Crippen LogP contribution in [0.5, 0.6) is 0 Å². The summed E-state index contributed by atoms with van der Waals surface area (Å²) in [6, 6.07) is -0.713. The van der Waals surface area contributed by atoms with Crippen LogP contribution >= 0.6 is 11.8 Å². The lowest BCUT2D eigenvalue weighted by atomic mass is 10.0. The average molecular weight is 246 g/mol. The molecular formula is C10H18N2O3S. The zero-order valence-corrected chi connectivity index (χ0v) is 10.6. The van der Waals surface area contributed by atoms with Gasteiger partial charge in [0.1, 0.15) is 6.04 Å². The first-order chi connectivity index (χ1) is 7.22. The summed E-state index contributed by atoms with van der Waals surface area (Å²) in [7, 11) is 0. The molecule has 1 fully saturated rings. The molecule has 2 unspecified atom stereocenters. The maximum Gasteiger partial charge on any atom is 0.327 e. The molecule has 1 heterocycles. The van der Waals surface area contributed by atoms with E-state index in [1.54, 1.807) is 13.8 Å². The van der Waals surface area contributed by atoms with Crippen molar-refractivity contribution < 1.29 is 14.7 Å². The quantitative estimate of drug-likeness (QED) is 0.757. The molecule has 5 nitrogen and oxygen atoms in total. The summed E-state index contributed by atoms with van der Waals surface area (Å²) in [6.45, 7) is 5.36. The molecule has 1 aliphatic heterocycles. The molecule has 1 rings (SSSR count). The van der Waals surface area contributed by atoms with Gasteiger partial charge in [0.25, 0.3) is 0 Å². The molecule has 92 valence electrons. The van der Waals surface area contributed by atoms with Crippen LogP contribution in [0, 0.1) is 0 Å². The molecule has 0 aromatic heterocycles. The van der Waals surface area contributed by atoms with Crippen molar-refractivity contribution in [3.05, 3.63) is 0 Å². The Morgan fingerprint density at radius 3 is 2.56 bits per heavy atom. The number of thioether (sulfide) groups is 1. The highest BCUT2D eigenvalue weighted by atomic mass is 32.2. The fraction of sp³-hybridized carbons (Fsp3) is 0.800. The summed E-state index contributed by atoms with van der Waals surface area (Å²) in [5, 5.41) is 8.92. The highest BCUT2D eigenvalue weighted by Gasteiger charge is 2.40. The Labute approximate surface area is 99.4 Å². The van der Waals surface area contributed by atoms with E-state index in [1.807, 2.05) is 6.92 Å². The largest absolute Gasteiger partial charge is 0.480 e. The summed E-state index contributed by atoms with van der Waals surface area (Å²) in [4.78, 5) is 24.4. The molecule has 3 N–H and O–H groups in total. The molecule has 1 aliphatic rings. The highest BCUT2D eigenvalue weighted by molar-refractivity contribution is 8.00. The molecule has 0 aliphatic carbocycles. The summed E-state index contributed by atoms with van der Waals surface area (Å²) >= 11 is 1.48. The zero-order chi connectivity index (χ0) is 12.5. The van der Waals surface area contributed by atoms with Crippen molar-refractivity contribution >= 4 is 23.6 Å². The van der Waals surface area contributed by atoms with Crippen LogP contribution in [0.2, 0.25) is 0 Å². The van der Waals surface area contributed by atoms with Gasteiger partial charge in [-0.25, -0.2) is 4.79 Å². The first kappa shape index (κ1) is 13.3. The first-order valence-corrected chi connectivity index (χ1v) is 6.22. The number of carbonyl (C=O) groups excluding carboxylic acids is 1. The van der Waals surface area contributed by atoms with Gasteiger partial charge in [0.2, 0.25) is 5.91 Å². The van der Waals surface area contributed by atoms with E-state index in [-0.39, 0.29) is 17.7 Å². The Morgan fingerprint density at radius 2 is 2.12 bits per heavy atom. The summed E-state index contributed by atoms with van der Waals surface area (Å²) in [6.07, 6.45) is 0.168. The predicted molar refractivity (Wildman–Crippen MR) is 63.1 cm³/mol. The second kappa shape index (κ2) is 4.63. The fourth-order valence-electron chi connectivity index (χ4n) is 1.69. The number of carboxylic acids is 1. The molecular weight excluding hydrogens is 228 g/mol. The second-order valence-electron chi connectivity index (χ2n) is 4.75. The topological polar surface area (TPSA) is 83.6 Å². The van der Waals surface area contributed by atoms with Crippen LogP contribution in [0.15, 0.2) is 0 Å². The van der Waals surface area contributed by atoms with Gasteiger partial charge >= 0.3 is 5.97 Å². The first-order valence-electron chi connectivity index (χ1n) is 5.17. The number of nitrogens with two attached hydrogens (primary N) is 1. The smallest absolute Gasteiger partial charge is 0.327 e. The van der Waals surface area contributed by atoms with Gasteiger partial charge in [-0.15, -0.1) is 11.8 Å². The van der Waals surface area contributed by atoms with Crippen molar-refractivity contribution in [2.45, 2.75) is 44.1 Å². The normalized spacial score (nSPS) is 25.9. The molecule has 0 saturated carbocycles. The van der Waals surface area contributed by atoms with Crippen LogP contribution in [-0.4, -0.2) is 44.6 Å². The van der Waals surface area contributed by atoms with Gasteiger partial charge in [-0.05, 0) is 20.8 Å². The van der Waals surface area contributed by atoms with Gasteiger partial charge in [-0.2, -0.15) is 0 Å². The number of hydrogen-bond donors (Lipinski definition) is 2. The molecule has 0 spiro atoms. The Kier molecular flexibility index (Phi) is 3.85. The maximum absolute atomic E-state index is 12.0. The number of carboxylic acid groups (broad SMARTS) is 1. The second-order valence-corrected chi connectivity index (χ2v) is 6.10. The van der Waals surface area contributed by atoms with Crippen LogP contribution < -0.4 is 5.73 Å². The van der Waals surface area contributed by atoms with Gasteiger partial charge in [-0.3, -0.25) is 4.79 Å². The fourth-order valence-corrected chi connectivity index (χ4v) is 2.88. The Hall–Kier alpha value is -0.750. The van der Waals surface area contributed by atoms with Crippen molar-refractivity contribution in [3.8, 4) is 0 Å². The molecule has 0 bridgehead atoms. The molecule has 0 aromatic carbocycles. The van der Waals surface area contributed by atoms with Crippen LogP contribution in [-0.2, 0) is 9.59 Å². The minimum atomic E-state index is -0.944. The summed E-state index contributed by atoms with van der Waals surface area (Å²) in [5.74, 6) is -0.676. The van der Waals surface area contributed by atoms with Crippen molar-refractivity contribution in [1.82, 2.24) is 4.90 Å². The van der Waals surface area contributed by atoms with E-state index in [4.69, 9.17) is 10.8 Å². The number of amides is 1. The van der Waals surface area contributed by atoms with E-state index >= 15 is 0 Å². The Balaban J connectivity index is 2.76. The Bertz CT molecular complexity index is 301. The van der Waals surface area contributed by atoms with Crippen molar-refractivity contribution in [2.24, 2.45) is 5.73 Å². The summed E-state index contributed by atoms with van der Waals surface area (Å²) < 4.78 is 0. The van der Waals surface area contributed by atoms with Gasteiger partial charge in [-0.1, -0.05) is 0 Å². The van der Waals surface area contributed by atoms with E-state index < -0.39 is 17.6 Å². The molecule has 6 heteroatoms. The van der Waals surface area contributed by atoms with Crippen LogP contribution in [0.3, 0.4) is 0 Å². The van der Waals surface area contributed by atoms with E-state index in [0.29, 0.717) is 5.75 Å². The minimum Gasteiger partial charge on any atom is -0.480 e. The zero-order valence-electron chi connectivity index (χ0n) is 9.77. The Morgan fingerprint density at radius 1 is 1.56 bits per heavy atom. The van der Waals surface area contributed by atoms with E-state index in [0.717, 1.165) is 0 Å². The van der Waals surface area contributed by atoms with Gasteiger partial charge < -0.3 is 15.7 Å². The van der Waals surface area contributed by atoms with Gasteiger partial charge in [0.15, 0.2) is 0 Å². The van der Waals surface area contributed by atoms with Crippen LogP contribution in [0.25, 0.3) is 0 Å². The average Bonchev–Trinajstić information content (AvgIpc) is 2.43. The number of carbonyl (C=O) groups is 2. The SMILES string of the molecule is CC1SCC(C(=O)O)N1C(=O)CC(C)(C)N. The van der Waals surface area contributed by atoms with E-state index in [1.165, 1.54) is 16.7 Å². The van der Waals surface area contributed by atoms with E-state index in [2.05, 4.69) is 0 Å². The monoisotopic (exact) mass is 246 g/mol. The highest BCUT2D eigenvalue weighted by Crippen LogP contribution is 2.30. The lowest BCUT2D eigenvalue weighted by molar-refractivity contribution is -0.149. The minimum absolute atomic E-state index is 0.0871. The predicted octanol–water partition coefficient (Wildman–Crippen LogP) is 0.488. The number of hydrogen-bond acceptors (Lipinski definition) is 4. The number of rotatable bonds is 3. The maximum atomic E-state index is 12.0. The number of aliphatic carboxylic acids is 1. The van der Waals surface area contributed by atoms with Crippen LogP contribution in [0.1, 0.15) is 27.2 Å². The molecule has 16 heavy (non-hydrogen) atoms. The third-order valence-electron chi connectivity index (χ3n) is 2.40. The third kappa shape index (κ3) is 3.12. The molecule has 0 radical (unpaired) electrons. The van der Waals surface area contributed by atoms with E-state index in [9.17, 15) is 9.59 Å². The van der Waals surface area contributed by atoms with Gasteiger partial charge in [0, 0.05) is 17.7 Å². The van der Waals surface area contributed by atoms with Crippen molar-refractivity contribution in [2.75, 3.05) is 5.75 Å². The molecule has 2 atom stereocenters.